The Labute approximate surface area is 167 Å². The van der Waals surface area contributed by atoms with Gasteiger partial charge in [0.2, 0.25) is 10.0 Å². The summed E-state index contributed by atoms with van der Waals surface area (Å²) in [5.41, 5.74) is 4.40. The Morgan fingerprint density at radius 2 is 1.71 bits per heavy atom. The first-order valence-electron chi connectivity index (χ1n) is 9.17. The molecule has 0 aliphatic carbocycles. The number of benzene rings is 2. The van der Waals surface area contributed by atoms with Crippen LogP contribution in [0.15, 0.2) is 35.2 Å². The molecule has 0 saturated heterocycles. The fourth-order valence-electron chi connectivity index (χ4n) is 3.10. The van der Waals surface area contributed by atoms with Gasteiger partial charge >= 0.3 is 0 Å². The number of hydrogen-bond acceptors (Lipinski definition) is 4. The monoisotopic (exact) mass is 404 g/mol. The Morgan fingerprint density at radius 1 is 1.07 bits per heavy atom. The van der Waals surface area contributed by atoms with Gasteiger partial charge in [0.1, 0.15) is 5.75 Å². The van der Waals surface area contributed by atoms with E-state index in [1.807, 2.05) is 33.8 Å². The van der Waals surface area contributed by atoms with Crippen LogP contribution in [0.1, 0.15) is 52.5 Å². The molecule has 7 heteroatoms. The van der Waals surface area contributed by atoms with Crippen molar-refractivity contribution in [1.82, 2.24) is 10.0 Å². The lowest BCUT2D eigenvalue weighted by Gasteiger charge is -2.19. The first-order valence-corrected chi connectivity index (χ1v) is 10.6. The van der Waals surface area contributed by atoms with E-state index in [1.54, 1.807) is 6.92 Å². The maximum Gasteiger partial charge on any atom is 0.255 e. The summed E-state index contributed by atoms with van der Waals surface area (Å²) in [6, 6.07) is 7.91. The van der Waals surface area contributed by atoms with Crippen molar-refractivity contribution in [2.24, 2.45) is 0 Å². The van der Waals surface area contributed by atoms with E-state index < -0.39 is 16.1 Å². The molecule has 1 amide bonds. The number of sulfonamides is 1. The molecule has 2 aromatic rings. The van der Waals surface area contributed by atoms with E-state index in [-0.39, 0.29) is 16.4 Å². The fourth-order valence-corrected chi connectivity index (χ4v) is 4.35. The maximum atomic E-state index is 12.9. The van der Waals surface area contributed by atoms with E-state index in [2.05, 4.69) is 16.1 Å². The van der Waals surface area contributed by atoms with Crippen LogP contribution in [0.5, 0.6) is 5.75 Å². The molecule has 0 spiro atoms. The first kappa shape index (κ1) is 21.9. The number of amides is 1. The molecule has 28 heavy (non-hydrogen) atoms. The van der Waals surface area contributed by atoms with Crippen LogP contribution in [0.2, 0.25) is 0 Å². The second-order valence-corrected chi connectivity index (χ2v) is 8.57. The molecule has 0 unspecified atom stereocenters. The van der Waals surface area contributed by atoms with Crippen LogP contribution in [0.3, 0.4) is 0 Å². The highest BCUT2D eigenvalue weighted by Gasteiger charge is 2.23. The van der Waals surface area contributed by atoms with Crippen molar-refractivity contribution in [3.8, 4) is 5.75 Å². The zero-order valence-corrected chi connectivity index (χ0v) is 18.0. The number of carbonyl (C=O) groups is 1. The van der Waals surface area contributed by atoms with Gasteiger partial charge in [-0.1, -0.05) is 12.1 Å². The van der Waals surface area contributed by atoms with Gasteiger partial charge in [0.25, 0.3) is 5.91 Å². The zero-order chi connectivity index (χ0) is 21.1. The van der Waals surface area contributed by atoms with Crippen LogP contribution in [0.4, 0.5) is 0 Å². The Hall–Kier alpha value is -2.38. The van der Waals surface area contributed by atoms with E-state index in [0.29, 0.717) is 12.3 Å². The lowest BCUT2D eigenvalue weighted by atomic mass is 9.97. The summed E-state index contributed by atoms with van der Waals surface area (Å²) in [5, 5.41) is 2.67. The van der Waals surface area contributed by atoms with Crippen molar-refractivity contribution in [2.45, 2.75) is 45.6 Å². The van der Waals surface area contributed by atoms with Crippen LogP contribution < -0.4 is 14.8 Å². The fraction of sp³-hybridized carbons (Fsp3) is 0.381. The molecule has 0 saturated carbocycles. The largest absolute Gasteiger partial charge is 0.496 e. The van der Waals surface area contributed by atoms with Crippen molar-refractivity contribution >= 4 is 15.9 Å². The lowest BCUT2D eigenvalue weighted by molar-refractivity contribution is 0.0952. The topological polar surface area (TPSA) is 84.5 Å². The molecular weight excluding hydrogens is 376 g/mol. The Kier molecular flexibility index (Phi) is 6.85. The van der Waals surface area contributed by atoms with Gasteiger partial charge in [0.05, 0.1) is 17.6 Å². The van der Waals surface area contributed by atoms with Gasteiger partial charge in [0.15, 0.2) is 0 Å². The molecule has 2 rings (SSSR count). The Bertz CT molecular complexity index is 984. The molecule has 0 aliphatic heterocycles. The maximum absolute atomic E-state index is 12.9. The minimum atomic E-state index is -3.83. The third-order valence-electron chi connectivity index (χ3n) is 4.74. The lowest BCUT2D eigenvalue weighted by Crippen LogP contribution is -2.28. The van der Waals surface area contributed by atoms with Crippen molar-refractivity contribution in [3.05, 3.63) is 58.1 Å². The van der Waals surface area contributed by atoms with E-state index >= 15 is 0 Å². The molecule has 152 valence electrons. The van der Waals surface area contributed by atoms with Gasteiger partial charge in [-0.15, -0.1) is 0 Å². The number of ether oxygens (including phenoxy) is 1. The molecule has 0 aliphatic rings. The summed E-state index contributed by atoms with van der Waals surface area (Å²) in [4.78, 5) is 12.3. The third-order valence-corrected chi connectivity index (χ3v) is 6.28. The van der Waals surface area contributed by atoms with Gasteiger partial charge in [-0.2, -0.15) is 0 Å². The average molecular weight is 405 g/mol. The van der Waals surface area contributed by atoms with E-state index in [0.717, 1.165) is 22.3 Å². The molecule has 2 aromatic carbocycles. The molecule has 1 atom stereocenters. The van der Waals surface area contributed by atoms with Crippen LogP contribution in [-0.2, 0) is 10.0 Å². The Morgan fingerprint density at radius 3 is 2.32 bits per heavy atom. The van der Waals surface area contributed by atoms with Crippen molar-refractivity contribution < 1.29 is 17.9 Å². The number of rotatable bonds is 7. The Balaban J connectivity index is 2.38. The van der Waals surface area contributed by atoms with Crippen LogP contribution in [0, 0.1) is 20.8 Å². The van der Waals surface area contributed by atoms with Gasteiger partial charge in [-0.3, -0.25) is 4.79 Å². The molecule has 0 bridgehead atoms. The van der Waals surface area contributed by atoms with Crippen molar-refractivity contribution in [2.75, 3.05) is 13.7 Å². The number of hydrogen-bond donors (Lipinski definition) is 2. The second kappa shape index (κ2) is 8.75. The van der Waals surface area contributed by atoms with Crippen molar-refractivity contribution in [3.63, 3.8) is 0 Å². The van der Waals surface area contributed by atoms with Gasteiger partial charge in [-0.05, 0) is 75.1 Å². The highest BCUT2D eigenvalue weighted by atomic mass is 32.2. The highest BCUT2D eigenvalue weighted by molar-refractivity contribution is 7.89. The number of nitrogens with one attached hydrogen (secondary N) is 2. The summed E-state index contributed by atoms with van der Waals surface area (Å²) in [6.07, 6.45) is 0. The van der Waals surface area contributed by atoms with Gasteiger partial charge < -0.3 is 10.1 Å². The van der Waals surface area contributed by atoms with Crippen molar-refractivity contribution in [1.29, 1.82) is 0 Å². The molecular formula is C21H28N2O4S. The number of carbonyl (C=O) groups excluding carboxylic acids is 1. The molecule has 0 heterocycles. The quantitative estimate of drug-likeness (QED) is 0.741. The minimum absolute atomic E-state index is 0.0166. The predicted molar refractivity (Wildman–Crippen MR) is 110 cm³/mol. The SMILES string of the molecule is CCNC(=O)c1cc(S(=O)(=O)N[C@@H](C)c2cc(C)c(C)cc2C)ccc1OC. The third kappa shape index (κ3) is 4.72. The molecule has 0 radical (unpaired) electrons. The highest BCUT2D eigenvalue weighted by Crippen LogP contribution is 2.26. The average Bonchev–Trinajstić information content (AvgIpc) is 2.63. The minimum Gasteiger partial charge on any atom is -0.496 e. The predicted octanol–water partition coefficient (Wildman–Crippen LogP) is 3.41. The van der Waals surface area contributed by atoms with Crippen LogP contribution >= 0.6 is 0 Å². The van der Waals surface area contributed by atoms with E-state index in [9.17, 15) is 13.2 Å². The summed E-state index contributed by atoms with van der Waals surface area (Å²) < 4.78 is 33.8. The second-order valence-electron chi connectivity index (χ2n) is 6.86. The summed E-state index contributed by atoms with van der Waals surface area (Å²) >= 11 is 0. The molecule has 0 aromatic heterocycles. The summed E-state index contributed by atoms with van der Waals surface area (Å²) in [6.45, 7) is 10.0. The van der Waals surface area contributed by atoms with Crippen LogP contribution in [0.25, 0.3) is 0 Å². The van der Waals surface area contributed by atoms with E-state index in [1.165, 1.54) is 25.3 Å². The zero-order valence-electron chi connectivity index (χ0n) is 17.2. The smallest absolute Gasteiger partial charge is 0.255 e. The van der Waals surface area contributed by atoms with Crippen LogP contribution in [-0.4, -0.2) is 28.0 Å². The molecule has 6 nitrogen and oxygen atoms in total. The molecule has 2 N–H and O–H groups in total. The number of aryl methyl sites for hydroxylation is 3. The summed E-state index contributed by atoms with van der Waals surface area (Å²) in [5.74, 6) is -0.0580. The standard InChI is InChI=1S/C21H28N2O4S/c1-7-22-21(24)19-12-17(8-9-20(19)27-6)28(25,26)23-16(5)18-11-14(3)13(2)10-15(18)4/h8-12,16,23H,7H2,1-6H3,(H,22,24)/t16-/m0/s1. The summed E-state index contributed by atoms with van der Waals surface area (Å²) in [7, 11) is -2.39. The number of methoxy groups -OCH3 is 1. The normalized spacial score (nSPS) is 12.5. The first-order chi connectivity index (χ1) is 13.1. The molecule has 0 fully saturated rings. The van der Waals surface area contributed by atoms with E-state index in [4.69, 9.17) is 4.74 Å². The van der Waals surface area contributed by atoms with Gasteiger partial charge in [-0.25, -0.2) is 13.1 Å². The van der Waals surface area contributed by atoms with Gasteiger partial charge in [0, 0.05) is 12.6 Å².